The summed E-state index contributed by atoms with van der Waals surface area (Å²) in [4.78, 5) is 0. The van der Waals surface area contributed by atoms with E-state index in [0.717, 1.165) is 18.4 Å². The second-order valence-electron chi connectivity index (χ2n) is 8.37. The van der Waals surface area contributed by atoms with Gasteiger partial charge in [0, 0.05) is 5.39 Å². The van der Waals surface area contributed by atoms with Crippen LogP contribution in [0.5, 0.6) is 0 Å². The van der Waals surface area contributed by atoms with Gasteiger partial charge in [-0.15, -0.1) is 0 Å². The number of rotatable bonds is 0. The first-order chi connectivity index (χ1) is 10.3. The van der Waals surface area contributed by atoms with E-state index in [1.807, 2.05) is 0 Å². The third-order valence-corrected chi connectivity index (χ3v) is 6.61. The van der Waals surface area contributed by atoms with Gasteiger partial charge in [0.2, 0.25) is 0 Å². The molecule has 3 atom stereocenters. The van der Waals surface area contributed by atoms with Gasteiger partial charge in [-0.1, -0.05) is 27.2 Å². The van der Waals surface area contributed by atoms with Gasteiger partial charge in [-0.3, -0.25) is 0 Å². The minimum Gasteiger partial charge on any atom is -0.464 e. The molecule has 0 saturated heterocycles. The minimum absolute atomic E-state index is 0.0560. The topological polar surface area (TPSA) is 33.4 Å². The molecule has 22 heavy (non-hydrogen) atoms. The van der Waals surface area contributed by atoms with Crippen LogP contribution in [-0.4, -0.2) is 11.2 Å². The summed E-state index contributed by atoms with van der Waals surface area (Å²) in [7, 11) is 0. The minimum atomic E-state index is -0.240. The number of benzene rings is 1. The average Bonchev–Trinajstić information content (AvgIpc) is 2.88. The summed E-state index contributed by atoms with van der Waals surface area (Å²) in [6, 6.07) is 4.31. The molecule has 118 valence electrons. The molecule has 2 heteroatoms. The molecule has 0 spiro atoms. The van der Waals surface area contributed by atoms with Gasteiger partial charge < -0.3 is 9.52 Å². The summed E-state index contributed by atoms with van der Waals surface area (Å²) in [5.41, 5.74) is 5.32. The Bertz CT molecular complexity index is 739. The van der Waals surface area contributed by atoms with E-state index in [9.17, 15) is 5.11 Å². The molecule has 0 bridgehead atoms. The predicted molar refractivity (Wildman–Crippen MR) is 89.1 cm³/mol. The molecule has 1 aromatic heterocycles. The summed E-state index contributed by atoms with van der Waals surface area (Å²) in [5.74, 6) is 0.327. The molecule has 1 heterocycles. The van der Waals surface area contributed by atoms with Crippen molar-refractivity contribution in [3.63, 3.8) is 0 Å². The molecule has 2 aliphatic carbocycles. The van der Waals surface area contributed by atoms with Crippen LogP contribution in [0.25, 0.3) is 11.0 Å². The maximum absolute atomic E-state index is 11.0. The first-order valence-electron chi connectivity index (χ1n) is 8.53. The van der Waals surface area contributed by atoms with Crippen LogP contribution < -0.4 is 0 Å². The van der Waals surface area contributed by atoms with Gasteiger partial charge in [-0.25, -0.2) is 0 Å². The largest absolute Gasteiger partial charge is 0.464 e. The Morgan fingerprint density at radius 1 is 1.23 bits per heavy atom. The van der Waals surface area contributed by atoms with Crippen molar-refractivity contribution in [3.8, 4) is 0 Å². The first-order valence-corrected chi connectivity index (χ1v) is 8.53. The highest BCUT2D eigenvalue weighted by atomic mass is 16.3. The monoisotopic (exact) mass is 298 g/mol. The fraction of sp³-hybridized carbons (Fsp3) is 0.600. The zero-order valence-corrected chi connectivity index (χ0v) is 14.1. The number of aryl methyl sites for hydroxylation is 1. The van der Waals surface area contributed by atoms with Crippen molar-refractivity contribution >= 4 is 11.0 Å². The van der Waals surface area contributed by atoms with Crippen molar-refractivity contribution in [1.82, 2.24) is 0 Å². The summed E-state index contributed by atoms with van der Waals surface area (Å²) in [6.07, 6.45) is 5.94. The van der Waals surface area contributed by atoms with E-state index in [0.29, 0.717) is 5.92 Å². The Hall–Kier alpha value is -1.28. The maximum Gasteiger partial charge on any atom is 0.134 e. The zero-order chi connectivity index (χ0) is 15.7. The molecule has 2 aromatic rings. The Morgan fingerprint density at radius 2 is 2.00 bits per heavy atom. The van der Waals surface area contributed by atoms with Gasteiger partial charge in [0.1, 0.15) is 5.58 Å². The van der Waals surface area contributed by atoms with Crippen LogP contribution in [0.15, 0.2) is 22.8 Å². The molecule has 1 fully saturated rings. The van der Waals surface area contributed by atoms with Crippen LogP contribution in [0.1, 0.15) is 56.7 Å². The molecule has 4 rings (SSSR count). The smallest absolute Gasteiger partial charge is 0.134 e. The number of hydrogen-bond acceptors (Lipinski definition) is 2. The molecule has 0 radical (unpaired) electrons. The molecular formula is C20H26O2. The number of hydrogen-bond donors (Lipinski definition) is 1. The lowest BCUT2D eigenvalue weighted by atomic mass is 9.49. The number of furan rings is 1. The summed E-state index contributed by atoms with van der Waals surface area (Å²) >= 11 is 0. The number of aliphatic hydroxyl groups is 1. The highest BCUT2D eigenvalue weighted by Crippen LogP contribution is 2.57. The fourth-order valence-corrected chi connectivity index (χ4v) is 5.76. The molecule has 0 unspecified atom stereocenters. The third kappa shape index (κ3) is 1.70. The molecule has 0 amide bonds. The number of aliphatic hydroxyl groups excluding tert-OH is 1. The molecular weight excluding hydrogens is 272 g/mol. The Kier molecular flexibility index (Phi) is 2.85. The average molecular weight is 298 g/mol. The maximum atomic E-state index is 11.0. The van der Waals surface area contributed by atoms with Crippen molar-refractivity contribution in [1.29, 1.82) is 0 Å². The van der Waals surface area contributed by atoms with Crippen molar-refractivity contribution in [3.05, 3.63) is 35.1 Å². The summed E-state index contributed by atoms with van der Waals surface area (Å²) in [5, 5.41) is 12.2. The lowest BCUT2D eigenvalue weighted by molar-refractivity contribution is -0.0535. The van der Waals surface area contributed by atoms with E-state index in [-0.39, 0.29) is 16.9 Å². The molecule has 2 aliphatic rings. The van der Waals surface area contributed by atoms with Gasteiger partial charge in [-0.2, -0.15) is 0 Å². The van der Waals surface area contributed by atoms with E-state index < -0.39 is 0 Å². The van der Waals surface area contributed by atoms with E-state index in [1.165, 1.54) is 34.9 Å². The highest BCUT2D eigenvalue weighted by molar-refractivity contribution is 5.84. The lowest BCUT2D eigenvalue weighted by Crippen LogP contribution is -2.54. The Morgan fingerprint density at radius 3 is 2.77 bits per heavy atom. The Labute approximate surface area is 132 Å². The first kappa shape index (κ1) is 14.3. The molecule has 1 aromatic carbocycles. The molecule has 1 saturated carbocycles. The van der Waals surface area contributed by atoms with E-state index in [4.69, 9.17) is 4.42 Å². The number of fused-ring (bicyclic) bond motifs is 4. The van der Waals surface area contributed by atoms with Crippen LogP contribution in [-0.2, 0) is 11.8 Å². The van der Waals surface area contributed by atoms with Gasteiger partial charge in [0.25, 0.3) is 0 Å². The van der Waals surface area contributed by atoms with Crippen molar-refractivity contribution in [2.24, 2.45) is 11.3 Å². The second-order valence-corrected chi connectivity index (χ2v) is 8.37. The van der Waals surface area contributed by atoms with Crippen LogP contribution in [0.4, 0.5) is 0 Å². The standard InChI is InChI=1S/C20H26O2/c1-12-13-6-9-22-17(13)11-15-14(12)10-16(21)18-19(2,3)7-5-8-20(15,18)4/h6,9,11,16,18,21H,5,7-8,10H2,1-4H3/t16-,18-,20+/m0/s1. The zero-order valence-electron chi connectivity index (χ0n) is 14.1. The molecule has 2 nitrogen and oxygen atoms in total. The molecule has 0 aliphatic heterocycles. The summed E-state index contributed by atoms with van der Waals surface area (Å²) < 4.78 is 5.71. The normalized spacial score (nSPS) is 33.5. The van der Waals surface area contributed by atoms with Gasteiger partial charge in [0.05, 0.1) is 12.4 Å². The van der Waals surface area contributed by atoms with Crippen molar-refractivity contribution in [2.75, 3.05) is 0 Å². The second kappa shape index (κ2) is 4.38. The quantitative estimate of drug-likeness (QED) is 0.762. The van der Waals surface area contributed by atoms with E-state index >= 15 is 0 Å². The van der Waals surface area contributed by atoms with E-state index in [1.54, 1.807) is 6.26 Å². The SMILES string of the molecule is Cc1c2c(cc3occc13)[C@@]1(C)CCCC(C)(C)[C@@H]1[C@@H](O)C2. The summed E-state index contributed by atoms with van der Waals surface area (Å²) in [6.45, 7) is 9.22. The van der Waals surface area contributed by atoms with Gasteiger partial charge in [-0.05, 0) is 71.8 Å². The van der Waals surface area contributed by atoms with Crippen LogP contribution in [0.2, 0.25) is 0 Å². The van der Waals surface area contributed by atoms with Crippen LogP contribution in [0.3, 0.4) is 0 Å². The highest BCUT2D eigenvalue weighted by Gasteiger charge is 2.53. The van der Waals surface area contributed by atoms with Crippen molar-refractivity contribution < 1.29 is 9.52 Å². The fourth-order valence-electron chi connectivity index (χ4n) is 5.76. The van der Waals surface area contributed by atoms with Gasteiger partial charge in [0.15, 0.2) is 0 Å². The van der Waals surface area contributed by atoms with Gasteiger partial charge >= 0.3 is 0 Å². The third-order valence-electron chi connectivity index (χ3n) is 6.61. The van der Waals surface area contributed by atoms with Crippen LogP contribution in [0, 0.1) is 18.3 Å². The lowest BCUT2D eigenvalue weighted by Gasteiger charge is -2.56. The molecule has 1 N–H and O–H groups in total. The van der Waals surface area contributed by atoms with Crippen LogP contribution >= 0.6 is 0 Å². The predicted octanol–water partition coefficient (Wildman–Crippen LogP) is 4.74. The van der Waals surface area contributed by atoms with E-state index in [2.05, 4.69) is 39.8 Å². The Balaban J connectivity index is 2.00. The van der Waals surface area contributed by atoms with Crippen molar-refractivity contribution in [2.45, 2.75) is 64.9 Å².